The minimum Gasteiger partial charge on any atom is -0.477 e. The van der Waals surface area contributed by atoms with Crippen molar-refractivity contribution in [2.24, 2.45) is 0 Å². The van der Waals surface area contributed by atoms with Crippen LogP contribution in [0.3, 0.4) is 0 Å². The SMILES string of the molecule is O=C(O)c1cc(-c2ccccc2)nn1-c1ccccc1. The number of aromatic carboxylic acids is 1. The van der Waals surface area contributed by atoms with Crippen molar-refractivity contribution in [1.82, 2.24) is 9.78 Å². The van der Waals surface area contributed by atoms with Crippen LogP contribution in [0.4, 0.5) is 0 Å². The molecular formula is C16H12N2O2. The molecule has 0 bridgehead atoms. The van der Waals surface area contributed by atoms with E-state index in [1.165, 1.54) is 4.68 Å². The quantitative estimate of drug-likeness (QED) is 0.790. The molecule has 0 fully saturated rings. The number of benzene rings is 2. The molecule has 0 unspecified atom stereocenters. The number of carboxylic acids is 1. The van der Waals surface area contributed by atoms with Crippen LogP contribution in [0, 0.1) is 0 Å². The van der Waals surface area contributed by atoms with Gasteiger partial charge < -0.3 is 5.11 Å². The molecule has 0 saturated heterocycles. The summed E-state index contributed by atoms with van der Waals surface area (Å²) in [7, 11) is 0. The lowest BCUT2D eigenvalue weighted by atomic mass is 10.1. The predicted molar refractivity (Wildman–Crippen MR) is 76.0 cm³/mol. The smallest absolute Gasteiger partial charge is 0.354 e. The minimum absolute atomic E-state index is 0.148. The molecule has 0 aliphatic rings. The van der Waals surface area contributed by atoms with Gasteiger partial charge in [0.15, 0.2) is 5.69 Å². The van der Waals surface area contributed by atoms with Crippen molar-refractivity contribution in [2.75, 3.05) is 0 Å². The maximum atomic E-state index is 11.4. The fourth-order valence-electron chi connectivity index (χ4n) is 2.05. The molecule has 3 aromatic rings. The van der Waals surface area contributed by atoms with Gasteiger partial charge in [-0.2, -0.15) is 5.10 Å². The van der Waals surface area contributed by atoms with Gasteiger partial charge in [0.25, 0.3) is 0 Å². The van der Waals surface area contributed by atoms with Crippen LogP contribution in [-0.4, -0.2) is 20.9 Å². The Kier molecular flexibility index (Phi) is 3.05. The van der Waals surface area contributed by atoms with Gasteiger partial charge >= 0.3 is 5.97 Å². The first-order chi connectivity index (χ1) is 9.75. The van der Waals surface area contributed by atoms with Crippen LogP contribution in [0.2, 0.25) is 0 Å². The molecule has 0 atom stereocenters. The van der Waals surface area contributed by atoms with Gasteiger partial charge in [0.2, 0.25) is 0 Å². The standard InChI is InChI=1S/C16H12N2O2/c19-16(20)15-11-14(12-7-3-1-4-8-12)17-18(15)13-9-5-2-6-10-13/h1-11H,(H,19,20). The first-order valence-corrected chi connectivity index (χ1v) is 6.20. The molecule has 98 valence electrons. The highest BCUT2D eigenvalue weighted by atomic mass is 16.4. The largest absolute Gasteiger partial charge is 0.477 e. The average Bonchev–Trinajstić information content (AvgIpc) is 2.94. The molecule has 4 nitrogen and oxygen atoms in total. The van der Waals surface area contributed by atoms with E-state index in [-0.39, 0.29) is 5.69 Å². The van der Waals surface area contributed by atoms with Crippen molar-refractivity contribution in [1.29, 1.82) is 0 Å². The normalized spacial score (nSPS) is 10.4. The summed E-state index contributed by atoms with van der Waals surface area (Å²) < 4.78 is 1.45. The first-order valence-electron chi connectivity index (χ1n) is 6.20. The Balaban J connectivity index is 2.15. The van der Waals surface area contributed by atoms with Crippen LogP contribution in [0.15, 0.2) is 66.7 Å². The molecule has 0 spiro atoms. The molecule has 0 aliphatic carbocycles. The topological polar surface area (TPSA) is 55.1 Å². The molecule has 0 saturated carbocycles. The number of aromatic nitrogens is 2. The lowest BCUT2D eigenvalue weighted by molar-refractivity contribution is 0.0687. The fraction of sp³-hybridized carbons (Fsp3) is 0. The molecule has 2 aromatic carbocycles. The van der Waals surface area contributed by atoms with Gasteiger partial charge in [-0.1, -0.05) is 48.5 Å². The predicted octanol–water partition coefficient (Wildman–Crippen LogP) is 3.24. The highest BCUT2D eigenvalue weighted by Crippen LogP contribution is 2.21. The van der Waals surface area contributed by atoms with Crippen molar-refractivity contribution in [3.8, 4) is 16.9 Å². The van der Waals surface area contributed by atoms with Crippen LogP contribution < -0.4 is 0 Å². The summed E-state index contributed by atoms with van der Waals surface area (Å²) in [5.74, 6) is -0.997. The second kappa shape index (κ2) is 5.01. The summed E-state index contributed by atoms with van der Waals surface area (Å²) in [6.07, 6.45) is 0. The molecule has 1 aromatic heterocycles. The van der Waals surface area contributed by atoms with Gasteiger partial charge in [-0.3, -0.25) is 0 Å². The Labute approximate surface area is 115 Å². The lowest BCUT2D eigenvalue weighted by Crippen LogP contribution is -2.07. The maximum Gasteiger partial charge on any atom is 0.354 e. The van der Waals surface area contributed by atoms with Crippen molar-refractivity contribution < 1.29 is 9.90 Å². The number of hydrogen-bond acceptors (Lipinski definition) is 2. The number of para-hydroxylation sites is 1. The first kappa shape index (κ1) is 12.2. The number of nitrogens with zero attached hydrogens (tertiary/aromatic N) is 2. The number of rotatable bonds is 3. The van der Waals surface area contributed by atoms with Crippen molar-refractivity contribution in [2.45, 2.75) is 0 Å². The van der Waals surface area contributed by atoms with E-state index in [0.717, 1.165) is 11.3 Å². The van der Waals surface area contributed by atoms with Crippen LogP contribution >= 0.6 is 0 Å². The third-order valence-corrected chi connectivity index (χ3v) is 3.00. The van der Waals surface area contributed by atoms with Crippen LogP contribution in [0.25, 0.3) is 16.9 Å². The molecule has 20 heavy (non-hydrogen) atoms. The van der Waals surface area contributed by atoms with Gasteiger partial charge in [0.05, 0.1) is 11.4 Å². The van der Waals surface area contributed by atoms with Gasteiger partial charge in [0.1, 0.15) is 0 Å². The molecule has 0 radical (unpaired) electrons. The summed E-state index contributed by atoms with van der Waals surface area (Å²) in [4.78, 5) is 11.4. The van der Waals surface area contributed by atoms with E-state index in [1.807, 2.05) is 60.7 Å². The van der Waals surface area contributed by atoms with Gasteiger partial charge in [-0.25, -0.2) is 9.48 Å². The second-order valence-corrected chi connectivity index (χ2v) is 4.33. The third-order valence-electron chi connectivity index (χ3n) is 3.00. The maximum absolute atomic E-state index is 11.4. The molecule has 4 heteroatoms. The highest BCUT2D eigenvalue weighted by molar-refractivity contribution is 5.88. The third kappa shape index (κ3) is 2.19. The van der Waals surface area contributed by atoms with Crippen molar-refractivity contribution in [3.63, 3.8) is 0 Å². The Hall–Kier alpha value is -2.88. The van der Waals surface area contributed by atoms with Gasteiger partial charge in [-0.05, 0) is 18.2 Å². The molecule has 0 amide bonds. The highest BCUT2D eigenvalue weighted by Gasteiger charge is 2.16. The van der Waals surface area contributed by atoms with Crippen molar-refractivity contribution >= 4 is 5.97 Å². The van der Waals surface area contributed by atoms with Crippen molar-refractivity contribution in [3.05, 3.63) is 72.4 Å². The van der Waals surface area contributed by atoms with Crippen LogP contribution in [-0.2, 0) is 0 Å². The molecule has 0 aliphatic heterocycles. The zero-order valence-electron chi connectivity index (χ0n) is 10.6. The van der Waals surface area contributed by atoms with E-state index < -0.39 is 5.97 Å². The van der Waals surface area contributed by atoms with E-state index in [4.69, 9.17) is 0 Å². The Morgan fingerprint density at radius 1 is 0.950 bits per heavy atom. The summed E-state index contributed by atoms with van der Waals surface area (Å²) >= 11 is 0. The molecule has 1 heterocycles. The Morgan fingerprint density at radius 3 is 2.15 bits per heavy atom. The second-order valence-electron chi connectivity index (χ2n) is 4.33. The molecule has 1 N–H and O–H groups in total. The molecular weight excluding hydrogens is 252 g/mol. The van der Waals surface area contributed by atoms with E-state index in [9.17, 15) is 9.90 Å². The zero-order chi connectivity index (χ0) is 13.9. The molecule has 3 rings (SSSR count). The Morgan fingerprint density at radius 2 is 1.55 bits per heavy atom. The average molecular weight is 264 g/mol. The Bertz CT molecular complexity index is 734. The van der Waals surface area contributed by atoms with E-state index in [0.29, 0.717) is 5.69 Å². The summed E-state index contributed by atoms with van der Waals surface area (Å²) in [6, 6.07) is 20.4. The number of carbonyl (C=O) groups is 1. The lowest BCUT2D eigenvalue weighted by Gasteiger charge is -2.03. The van der Waals surface area contributed by atoms with E-state index in [1.54, 1.807) is 6.07 Å². The fourth-order valence-corrected chi connectivity index (χ4v) is 2.05. The van der Waals surface area contributed by atoms with Gasteiger partial charge in [-0.15, -0.1) is 0 Å². The monoisotopic (exact) mass is 264 g/mol. The van der Waals surface area contributed by atoms with E-state index in [2.05, 4.69) is 5.10 Å². The van der Waals surface area contributed by atoms with Gasteiger partial charge in [0, 0.05) is 5.56 Å². The minimum atomic E-state index is -0.997. The van der Waals surface area contributed by atoms with Crippen LogP contribution in [0.1, 0.15) is 10.5 Å². The van der Waals surface area contributed by atoms with Crippen LogP contribution in [0.5, 0.6) is 0 Å². The number of hydrogen-bond donors (Lipinski definition) is 1. The summed E-state index contributed by atoms with van der Waals surface area (Å²) in [5, 5.41) is 13.7. The number of carboxylic acid groups (broad SMARTS) is 1. The van der Waals surface area contributed by atoms with E-state index >= 15 is 0 Å². The zero-order valence-corrected chi connectivity index (χ0v) is 10.6. The summed E-state index contributed by atoms with van der Waals surface area (Å²) in [5.41, 5.74) is 2.42. The summed E-state index contributed by atoms with van der Waals surface area (Å²) in [6.45, 7) is 0.